The van der Waals surface area contributed by atoms with E-state index in [1.165, 1.54) is 26.8 Å². The topological polar surface area (TPSA) is 38.7 Å². The molecular formula is C40H31N3P2. The van der Waals surface area contributed by atoms with Crippen LogP contribution in [0.25, 0.3) is 22.8 Å². The molecular weight excluding hydrogens is 584 g/mol. The number of benzene rings is 4. The minimum atomic E-state index is -0.880. The molecule has 216 valence electrons. The molecule has 0 atom stereocenters. The Morgan fingerprint density at radius 2 is 0.689 bits per heavy atom. The Morgan fingerprint density at radius 3 is 1.00 bits per heavy atom. The average molecular weight is 616 g/mol. The molecule has 0 aliphatic rings. The van der Waals surface area contributed by atoms with E-state index >= 15 is 0 Å². The number of rotatable bonds is 9. The molecule has 0 N–H and O–H groups in total. The van der Waals surface area contributed by atoms with Crippen molar-refractivity contribution in [1.82, 2.24) is 15.0 Å². The second-order valence-corrected chi connectivity index (χ2v) is 15.5. The van der Waals surface area contributed by atoms with Crippen LogP contribution in [0.1, 0.15) is 11.0 Å². The van der Waals surface area contributed by atoms with Gasteiger partial charge in [0.1, 0.15) is 0 Å². The van der Waals surface area contributed by atoms with Gasteiger partial charge in [0.2, 0.25) is 0 Å². The van der Waals surface area contributed by atoms with Crippen molar-refractivity contribution in [1.29, 1.82) is 0 Å². The Labute approximate surface area is 267 Å². The number of nitrogens with zero attached hydrogens (tertiary/aromatic N) is 3. The molecule has 45 heavy (non-hydrogen) atoms. The summed E-state index contributed by atoms with van der Waals surface area (Å²) >= 11 is 0. The van der Waals surface area contributed by atoms with Crippen molar-refractivity contribution >= 4 is 37.1 Å². The normalized spacial score (nSPS) is 11.3. The lowest BCUT2D eigenvalue weighted by atomic mass is 10.1. The lowest BCUT2D eigenvalue weighted by Gasteiger charge is -2.36. The summed E-state index contributed by atoms with van der Waals surface area (Å²) in [6, 6.07) is 60.8. The average Bonchev–Trinajstić information content (AvgIpc) is 3.14. The maximum Gasteiger partial charge on any atom is 0.0897 e. The summed E-state index contributed by atoms with van der Waals surface area (Å²) in [5.74, 6) is 0. The van der Waals surface area contributed by atoms with Crippen molar-refractivity contribution < 1.29 is 0 Å². The fraction of sp³-hybridized carbons (Fsp3) is 0.0250. The van der Waals surface area contributed by atoms with Gasteiger partial charge in [-0.15, -0.1) is 0 Å². The molecule has 0 saturated carbocycles. The zero-order valence-electron chi connectivity index (χ0n) is 24.6. The lowest BCUT2D eigenvalue weighted by Crippen LogP contribution is -2.23. The highest BCUT2D eigenvalue weighted by Crippen LogP contribution is 2.66. The van der Waals surface area contributed by atoms with Crippen molar-refractivity contribution in [3.05, 3.63) is 188 Å². The maximum atomic E-state index is 5.16. The number of aromatic nitrogens is 3. The van der Waals surface area contributed by atoms with Crippen molar-refractivity contribution in [3.63, 3.8) is 0 Å². The predicted molar refractivity (Wildman–Crippen MR) is 192 cm³/mol. The Kier molecular flexibility index (Phi) is 8.92. The highest BCUT2D eigenvalue weighted by molar-refractivity contribution is 7.89. The molecule has 0 fully saturated rings. The van der Waals surface area contributed by atoms with Crippen LogP contribution in [-0.2, 0) is 0 Å². The van der Waals surface area contributed by atoms with Gasteiger partial charge in [-0.3, -0.25) is 9.97 Å². The molecule has 3 heterocycles. The Bertz CT molecular complexity index is 1720. The third-order valence-corrected chi connectivity index (χ3v) is 14.0. The van der Waals surface area contributed by atoms with Crippen LogP contribution >= 0.6 is 15.8 Å². The van der Waals surface area contributed by atoms with Crippen LogP contribution in [0.2, 0.25) is 0 Å². The third kappa shape index (κ3) is 6.52. The van der Waals surface area contributed by atoms with E-state index in [2.05, 4.69) is 133 Å². The molecule has 4 aromatic carbocycles. The second-order valence-electron chi connectivity index (χ2n) is 10.6. The molecule has 0 radical (unpaired) electrons. The molecule has 0 unspecified atom stereocenters. The first-order chi connectivity index (χ1) is 22.3. The lowest BCUT2D eigenvalue weighted by molar-refractivity contribution is 1.19. The molecule has 0 amide bonds. The fourth-order valence-electron chi connectivity index (χ4n) is 5.62. The van der Waals surface area contributed by atoms with Gasteiger partial charge in [0.15, 0.2) is 0 Å². The molecule has 0 aliphatic carbocycles. The molecule has 0 bridgehead atoms. The van der Waals surface area contributed by atoms with Gasteiger partial charge >= 0.3 is 0 Å². The van der Waals surface area contributed by atoms with Crippen LogP contribution in [0, 0.1) is 0 Å². The summed E-state index contributed by atoms with van der Waals surface area (Å²) in [5, 5.41) is 5.51. The second kappa shape index (κ2) is 13.9. The van der Waals surface area contributed by atoms with Gasteiger partial charge in [0.05, 0.1) is 22.8 Å². The van der Waals surface area contributed by atoms with Gasteiger partial charge in [0, 0.05) is 17.8 Å². The number of hydrogen-bond acceptors (Lipinski definition) is 3. The standard InChI is InChI=1S/C40H31N3P2/c1-5-17-32(18-6-1)44(33-19-7-2-8-20-33)40(45(34-21-9-3-10-22-34)35-23-11-4-12-24-35)31-29-38(36-25-13-15-27-41-36)43-39(30-31)37-26-14-16-28-42-37/h1-30,40H. The summed E-state index contributed by atoms with van der Waals surface area (Å²) < 4.78 is 0. The minimum Gasteiger partial charge on any atom is -0.255 e. The van der Waals surface area contributed by atoms with Crippen LogP contribution < -0.4 is 21.2 Å². The van der Waals surface area contributed by atoms with Crippen molar-refractivity contribution in [2.45, 2.75) is 5.40 Å². The fourth-order valence-corrected chi connectivity index (χ4v) is 12.7. The van der Waals surface area contributed by atoms with E-state index in [1.807, 2.05) is 48.8 Å². The SMILES string of the molecule is c1ccc(P(c2ccccc2)C(c2cc(-c3ccccn3)nc(-c3ccccn3)c2)P(c2ccccc2)c2ccccc2)cc1. The van der Waals surface area contributed by atoms with E-state index in [4.69, 9.17) is 15.0 Å². The molecule has 7 rings (SSSR count). The van der Waals surface area contributed by atoms with Crippen LogP contribution in [0.3, 0.4) is 0 Å². The van der Waals surface area contributed by atoms with E-state index in [0.29, 0.717) is 0 Å². The smallest absolute Gasteiger partial charge is 0.0897 e. The molecule has 5 heteroatoms. The van der Waals surface area contributed by atoms with Crippen LogP contribution in [0.4, 0.5) is 0 Å². The molecule has 3 nitrogen and oxygen atoms in total. The summed E-state index contributed by atoms with van der Waals surface area (Å²) in [4.78, 5) is 14.6. The quantitative estimate of drug-likeness (QED) is 0.153. The van der Waals surface area contributed by atoms with Crippen LogP contribution in [0.5, 0.6) is 0 Å². The zero-order chi connectivity index (χ0) is 30.3. The first-order valence-corrected chi connectivity index (χ1v) is 17.8. The van der Waals surface area contributed by atoms with Crippen LogP contribution in [0.15, 0.2) is 182 Å². The number of pyridine rings is 3. The maximum absolute atomic E-state index is 5.16. The summed E-state index contributed by atoms with van der Waals surface area (Å²) in [5.41, 5.74) is 4.64. The van der Waals surface area contributed by atoms with Gasteiger partial charge in [-0.1, -0.05) is 133 Å². The summed E-state index contributed by atoms with van der Waals surface area (Å²) in [7, 11) is -1.76. The van der Waals surface area contributed by atoms with Gasteiger partial charge in [0.25, 0.3) is 0 Å². The molecule has 7 aromatic rings. The van der Waals surface area contributed by atoms with Gasteiger partial charge in [-0.05, 0) is 79.0 Å². The minimum absolute atomic E-state index is 0.123. The van der Waals surface area contributed by atoms with Crippen LogP contribution in [-0.4, -0.2) is 15.0 Å². The molecule has 3 aromatic heterocycles. The Balaban J connectivity index is 1.56. The zero-order valence-corrected chi connectivity index (χ0v) is 26.4. The highest BCUT2D eigenvalue weighted by Gasteiger charge is 2.36. The monoisotopic (exact) mass is 615 g/mol. The van der Waals surface area contributed by atoms with Crippen molar-refractivity contribution in [3.8, 4) is 22.8 Å². The van der Waals surface area contributed by atoms with Gasteiger partial charge in [-0.2, -0.15) is 0 Å². The largest absolute Gasteiger partial charge is 0.255 e. The number of hydrogen-bond donors (Lipinski definition) is 0. The van der Waals surface area contributed by atoms with E-state index < -0.39 is 15.8 Å². The van der Waals surface area contributed by atoms with E-state index in [0.717, 1.165) is 22.8 Å². The van der Waals surface area contributed by atoms with Crippen molar-refractivity contribution in [2.24, 2.45) is 0 Å². The summed E-state index contributed by atoms with van der Waals surface area (Å²) in [6.07, 6.45) is 3.67. The molecule has 0 aliphatic heterocycles. The van der Waals surface area contributed by atoms with E-state index in [1.54, 1.807) is 0 Å². The predicted octanol–water partition coefficient (Wildman–Crippen LogP) is 8.47. The Hall–Kier alpha value is -4.81. The summed E-state index contributed by atoms with van der Waals surface area (Å²) in [6.45, 7) is 0. The van der Waals surface area contributed by atoms with E-state index in [-0.39, 0.29) is 5.40 Å². The molecule has 0 spiro atoms. The first-order valence-electron chi connectivity index (χ1n) is 15.0. The van der Waals surface area contributed by atoms with E-state index in [9.17, 15) is 0 Å². The Morgan fingerprint density at radius 1 is 0.356 bits per heavy atom. The van der Waals surface area contributed by atoms with Crippen molar-refractivity contribution in [2.75, 3.05) is 0 Å². The van der Waals surface area contributed by atoms with Gasteiger partial charge < -0.3 is 0 Å². The highest BCUT2D eigenvalue weighted by atomic mass is 31.2. The third-order valence-electron chi connectivity index (χ3n) is 7.63. The van der Waals surface area contributed by atoms with Gasteiger partial charge in [-0.25, -0.2) is 4.98 Å². The first kappa shape index (κ1) is 28.9. The molecule has 0 saturated heterocycles.